The number of rotatable bonds is 1. The van der Waals surface area contributed by atoms with Crippen LogP contribution in [0.15, 0.2) is 48.5 Å². The Balaban J connectivity index is 2.34. The lowest BCUT2D eigenvalue weighted by Crippen LogP contribution is -1.79. The lowest BCUT2D eigenvalue weighted by atomic mass is 10.00. The quantitative estimate of drug-likeness (QED) is 0.595. The minimum atomic E-state index is -0.0366. The van der Waals surface area contributed by atoms with Crippen molar-refractivity contribution in [2.45, 2.75) is 0 Å². The van der Waals surface area contributed by atoms with Crippen LogP contribution in [0.25, 0.3) is 21.9 Å². The maximum Gasteiger partial charge on any atom is 0.199 e. The maximum absolute atomic E-state index is 9.73. The van der Waals surface area contributed by atoms with Gasteiger partial charge in [-0.15, -0.1) is 0 Å². The summed E-state index contributed by atoms with van der Waals surface area (Å²) in [4.78, 5) is 2.48. The van der Waals surface area contributed by atoms with Crippen molar-refractivity contribution < 1.29 is 10.2 Å². The number of H-pyrrole nitrogens is 1. The number of aromatic amines is 1. The van der Waals surface area contributed by atoms with E-state index in [2.05, 4.69) is 4.98 Å². The van der Waals surface area contributed by atoms with Crippen LogP contribution >= 0.6 is 0 Å². The van der Waals surface area contributed by atoms with Crippen LogP contribution in [0.5, 0.6) is 11.8 Å². The third kappa shape index (κ3) is 1.52. The molecule has 0 spiro atoms. The van der Waals surface area contributed by atoms with E-state index in [0.29, 0.717) is 5.56 Å². The summed E-state index contributed by atoms with van der Waals surface area (Å²) in [6.07, 6.45) is 0. The van der Waals surface area contributed by atoms with Gasteiger partial charge in [-0.25, -0.2) is 0 Å². The van der Waals surface area contributed by atoms with Gasteiger partial charge in [-0.1, -0.05) is 42.5 Å². The molecule has 0 fully saturated rings. The summed E-state index contributed by atoms with van der Waals surface area (Å²) < 4.78 is 0. The molecule has 3 heteroatoms. The predicted octanol–water partition coefficient (Wildman–Crippen LogP) is 3.25. The van der Waals surface area contributed by atoms with Crippen molar-refractivity contribution in [2.75, 3.05) is 0 Å². The van der Waals surface area contributed by atoms with Gasteiger partial charge in [-0.3, -0.25) is 4.98 Å². The molecule has 2 aromatic carbocycles. The Morgan fingerprint density at radius 2 is 1.59 bits per heavy atom. The first kappa shape index (κ1) is 9.78. The van der Waals surface area contributed by atoms with Crippen LogP contribution in [0, 0.1) is 0 Å². The first-order valence-electron chi connectivity index (χ1n) is 5.35. The van der Waals surface area contributed by atoms with Crippen molar-refractivity contribution >= 4 is 10.8 Å². The zero-order valence-corrected chi connectivity index (χ0v) is 9.01. The second-order valence-electron chi connectivity index (χ2n) is 3.94. The fraction of sp³-hybridized carbons (Fsp3) is 0. The van der Waals surface area contributed by atoms with Crippen molar-refractivity contribution in [3.8, 4) is 22.9 Å². The monoisotopic (exact) mass is 225 g/mol. The smallest absolute Gasteiger partial charge is 0.199 e. The number of aromatic nitrogens is 1. The molecular weight excluding hydrogens is 214 g/mol. The Kier molecular flexibility index (Phi) is 2.05. The zero-order chi connectivity index (χ0) is 11.8. The standard InChI is InChI=1S/C14H11NO2/c16-13-8-12(14(17)15-13)11-7-3-5-9-4-1-2-6-10(9)11/h1-8,15-17H. The minimum absolute atomic E-state index is 0.0150. The molecular formula is C14H11NO2. The van der Waals surface area contributed by atoms with E-state index < -0.39 is 0 Å². The fourth-order valence-electron chi connectivity index (χ4n) is 2.10. The summed E-state index contributed by atoms with van der Waals surface area (Å²) in [5, 5.41) is 21.2. The highest BCUT2D eigenvalue weighted by molar-refractivity contribution is 5.97. The van der Waals surface area contributed by atoms with Crippen molar-refractivity contribution in [1.29, 1.82) is 0 Å². The molecule has 0 amide bonds. The normalized spacial score (nSPS) is 10.8. The van der Waals surface area contributed by atoms with Crippen LogP contribution in [0.3, 0.4) is 0 Å². The highest BCUT2D eigenvalue weighted by Gasteiger charge is 2.11. The molecule has 0 saturated carbocycles. The van der Waals surface area contributed by atoms with Gasteiger partial charge in [0, 0.05) is 11.6 Å². The first-order valence-corrected chi connectivity index (χ1v) is 5.35. The molecule has 0 bridgehead atoms. The van der Waals surface area contributed by atoms with E-state index in [1.54, 1.807) is 0 Å². The summed E-state index contributed by atoms with van der Waals surface area (Å²) in [5.74, 6) is -0.0516. The lowest BCUT2D eigenvalue weighted by molar-refractivity contribution is 0.426. The van der Waals surface area contributed by atoms with Crippen LogP contribution < -0.4 is 0 Å². The third-order valence-electron chi connectivity index (χ3n) is 2.86. The van der Waals surface area contributed by atoms with E-state index in [1.165, 1.54) is 6.07 Å². The van der Waals surface area contributed by atoms with Crippen molar-refractivity contribution in [2.24, 2.45) is 0 Å². The van der Waals surface area contributed by atoms with Crippen molar-refractivity contribution in [1.82, 2.24) is 4.98 Å². The topological polar surface area (TPSA) is 56.2 Å². The van der Waals surface area contributed by atoms with Crippen LogP contribution in [-0.2, 0) is 0 Å². The Bertz CT molecular complexity index is 680. The molecule has 3 aromatic rings. The van der Waals surface area contributed by atoms with Gasteiger partial charge in [0.1, 0.15) is 0 Å². The molecule has 1 heterocycles. The van der Waals surface area contributed by atoms with Crippen molar-refractivity contribution in [3.63, 3.8) is 0 Å². The van der Waals surface area contributed by atoms with Gasteiger partial charge in [-0.2, -0.15) is 0 Å². The molecule has 3 N–H and O–H groups in total. The molecule has 0 atom stereocenters. The Morgan fingerprint density at radius 1 is 0.824 bits per heavy atom. The number of benzene rings is 2. The third-order valence-corrected chi connectivity index (χ3v) is 2.86. The average molecular weight is 225 g/mol. The predicted molar refractivity (Wildman–Crippen MR) is 67.1 cm³/mol. The highest BCUT2D eigenvalue weighted by Crippen LogP contribution is 2.36. The maximum atomic E-state index is 9.73. The van der Waals surface area contributed by atoms with Crippen LogP contribution in [-0.4, -0.2) is 15.2 Å². The second-order valence-corrected chi connectivity index (χ2v) is 3.94. The second kappa shape index (κ2) is 3.56. The van der Waals surface area contributed by atoms with E-state index in [9.17, 15) is 10.2 Å². The van der Waals surface area contributed by atoms with Crippen LogP contribution in [0.2, 0.25) is 0 Å². The number of hydrogen-bond donors (Lipinski definition) is 3. The summed E-state index contributed by atoms with van der Waals surface area (Å²) >= 11 is 0. The molecule has 0 unspecified atom stereocenters. The Morgan fingerprint density at radius 3 is 2.35 bits per heavy atom. The van der Waals surface area contributed by atoms with Crippen LogP contribution in [0.4, 0.5) is 0 Å². The van der Waals surface area contributed by atoms with Gasteiger partial charge in [-0.05, 0) is 16.3 Å². The fourth-order valence-corrected chi connectivity index (χ4v) is 2.10. The van der Waals surface area contributed by atoms with Gasteiger partial charge in [0.05, 0.1) is 0 Å². The summed E-state index contributed by atoms with van der Waals surface area (Å²) in [7, 11) is 0. The van der Waals surface area contributed by atoms with Crippen molar-refractivity contribution in [3.05, 3.63) is 48.5 Å². The average Bonchev–Trinajstić information content (AvgIpc) is 2.68. The molecule has 3 rings (SSSR count). The summed E-state index contributed by atoms with van der Waals surface area (Å²) in [6.45, 7) is 0. The Labute approximate surface area is 98.0 Å². The lowest BCUT2D eigenvalue weighted by Gasteiger charge is -2.04. The van der Waals surface area contributed by atoms with Gasteiger partial charge in [0.25, 0.3) is 0 Å². The highest BCUT2D eigenvalue weighted by atomic mass is 16.3. The molecule has 84 valence electrons. The summed E-state index contributed by atoms with van der Waals surface area (Å²) in [6, 6.07) is 15.3. The molecule has 17 heavy (non-hydrogen) atoms. The number of nitrogens with one attached hydrogen (secondary N) is 1. The van der Waals surface area contributed by atoms with Gasteiger partial charge < -0.3 is 10.2 Å². The zero-order valence-electron chi connectivity index (χ0n) is 9.01. The molecule has 1 aromatic heterocycles. The van der Waals surface area contributed by atoms with E-state index in [1.807, 2.05) is 42.5 Å². The van der Waals surface area contributed by atoms with Gasteiger partial charge >= 0.3 is 0 Å². The van der Waals surface area contributed by atoms with E-state index in [-0.39, 0.29) is 11.8 Å². The van der Waals surface area contributed by atoms with Crippen LogP contribution in [0.1, 0.15) is 0 Å². The van der Waals surface area contributed by atoms with Gasteiger partial charge in [0.15, 0.2) is 11.8 Å². The SMILES string of the molecule is Oc1cc(-c2cccc3ccccc23)c(O)[nH]1. The minimum Gasteiger partial charge on any atom is -0.494 e. The number of fused-ring (bicyclic) bond motifs is 1. The number of aromatic hydroxyl groups is 2. The Hall–Kier alpha value is -2.42. The van der Waals surface area contributed by atoms with E-state index >= 15 is 0 Å². The first-order chi connectivity index (χ1) is 8.25. The summed E-state index contributed by atoms with van der Waals surface area (Å²) in [5.41, 5.74) is 1.51. The molecule has 0 aliphatic carbocycles. The molecule has 0 saturated heterocycles. The molecule has 0 radical (unpaired) electrons. The molecule has 0 aliphatic rings. The van der Waals surface area contributed by atoms with E-state index in [0.717, 1.165) is 16.3 Å². The number of hydrogen-bond acceptors (Lipinski definition) is 2. The van der Waals surface area contributed by atoms with E-state index in [4.69, 9.17) is 0 Å². The van der Waals surface area contributed by atoms with Gasteiger partial charge in [0.2, 0.25) is 0 Å². The molecule has 3 nitrogen and oxygen atoms in total. The molecule has 0 aliphatic heterocycles. The largest absolute Gasteiger partial charge is 0.494 e.